The molecule has 0 atom stereocenters. The van der Waals surface area contributed by atoms with Gasteiger partial charge in [-0.15, -0.1) is 0 Å². The highest BCUT2D eigenvalue weighted by molar-refractivity contribution is 6.05. The number of carbonyl (C=O) groups excluding carboxylic acids is 1. The summed E-state index contributed by atoms with van der Waals surface area (Å²) in [5, 5.41) is 3.85. The SMILES string of the molecule is COC(=O)c1c(N)c2cnc(Nc3ccc(N4CCOCC4)cc3)nc2n1Cc1ccccc1. The predicted octanol–water partition coefficient (Wildman–Crippen LogP) is 3.43. The number of nitrogen functional groups attached to an aromatic ring is 1. The van der Waals surface area contributed by atoms with Crippen LogP contribution in [0.15, 0.2) is 60.8 Å². The van der Waals surface area contributed by atoms with Crippen LogP contribution in [0.1, 0.15) is 16.1 Å². The van der Waals surface area contributed by atoms with Gasteiger partial charge in [-0.1, -0.05) is 30.3 Å². The number of nitrogens with zero attached hydrogens (tertiary/aromatic N) is 4. The summed E-state index contributed by atoms with van der Waals surface area (Å²) in [5.74, 6) is -0.102. The van der Waals surface area contributed by atoms with Crippen molar-refractivity contribution in [1.82, 2.24) is 14.5 Å². The molecule has 9 nitrogen and oxygen atoms in total. The molecule has 4 aromatic rings. The number of rotatable bonds is 6. The van der Waals surface area contributed by atoms with Gasteiger partial charge in [0.25, 0.3) is 0 Å². The van der Waals surface area contributed by atoms with Crippen LogP contribution in [0.25, 0.3) is 11.0 Å². The van der Waals surface area contributed by atoms with Crippen molar-refractivity contribution in [2.75, 3.05) is 49.4 Å². The van der Waals surface area contributed by atoms with Gasteiger partial charge in [-0.05, 0) is 29.8 Å². The Morgan fingerprint density at radius 3 is 2.56 bits per heavy atom. The van der Waals surface area contributed by atoms with Crippen LogP contribution in [0.2, 0.25) is 0 Å². The molecule has 0 saturated carbocycles. The van der Waals surface area contributed by atoms with Crippen LogP contribution in [-0.2, 0) is 16.0 Å². The molecule has 3 heterocycles. The van der Waals surface area contributed by atoms with Crippen LogP contribution in [0, 0.1) is 0 Å². The van der Waals surface area contributed by atoms with E-state index < -0.39 is 5.97 Å². The molecule has 0 spiro atoms. The number of benzene rings is 2. The van der Waals surface area contributed by atoms with Gasteiger partial charge in [-0.3, -0.25) is 0 Å². The van der Waals surface area contributed by atoms with Gasteiger partial charge >= 0.3 is 5.97 Å². The number of methoxy groups -OCH3 is 1. The summed E-state index contributed by atoms with van der Waals surface area (Å²) in [7, 11) is 1.34. The number of morpholine rings is 1. The average molecular weight is 459 g/mol. The number of nitrogens with one attached hydrogen (secondary N) is 1. The van der Waals surface area contributed by atoms with Crippen LogP contribution in [-0.4, -0.2) is 53.9 Å². The van der Waals surface area contributed by atoms with Crippen molar-refractivity contribution in [3.05, 3.63) is 72.1 Å². The normalized spacial score (nSPS) is 13.7. The van der Waals surface area contributed by atoms with Crippen molar-refractivity contribution < 1.29 is 14.3 Å². The third-order valence-electron chi connectivity index (χ3n) is 5.90. The Bertz CT molecular complexity index is 1300. The minimum atomic E-state index is -0.514. The highest BCUT2D eigenvalue weighted by Gasteiger charge is 2.23. The van der Waals surface area contributed by atoms with Gasteiger partial charge in [0.1, 0.15) is 5.65 Å². The second kappa shape index (κ2) is 9.40. The molecule has 9 heteroatoms. The smallest absolute Gasteiger partial charge is 0.356 e. The van der Waals surface area contributed by atoms with Crippen molar-refractivity contribution in [2.24, 2.45) is 0 Å². The minimum absolute atomic E-state index is 0.266. The zero-order valence-corrected chi connectivity index (χ0v) is 18.9. The highest BCUT2D eigenvalue weighted by Crippen LogP contribution is 2.30. The predicted molar refractivity (Wildman–Crippen MR) is 132 cm³/mol. The number of aromatic nitrogens is 3. The number of anilines is 4. The third-order valence-corrected chi connectivity index (χ3v) is 5.90. The lowest BCUT2D eigenvalue weighted by atomic mass is 10.2. The number of esters is 1. The molecule has 0 aliphatic carbocycles. The fourth-order valence-electron chi connectivity index (χ4n) is 4.15. The molecule has 1 aliphatic heterocycles. The summed E-state index contributed by atoms with van der Waals surface area (Å²) < 4.78 is 12.2. The lowest BCUT2D eigenvalue weighted by Crippen LogP contribution is -2.36. The van der Waals surface area contributed by atoms with E-state index in [4.69, 9.17) is 20.2 Å². The van der Waals surface area contributed by atoms with E-state index in [2.05, 4.69) is 27.3 Å². The maximum absolute atomic E-state index is 12.6. The standard InChI is InChI=1S/C25H26N6O3/c1-33-24(32)22-21(26)20-15-27-25(29-23(20)31(22)16-17-5-3-2-4-6-17)28-18-7-9-19(10-8-18)30-11-13-34-14-12-30/h2-10,15H,11-14,16,26H2,1H3,(H,27,28,29). The number of nitrogens with two attached hydrogens (primary N) is 1. The quantitative estimate of drug-likeness (QED) is 0.423. The topological polar surface area (TPSA) is 108 Å². The molecular formula is C25H26N6O3. The fourth-order valence-corrected chi connectivity index (χ4v) is 4.15. The van der Waals surface area contributed by atoms with Gasteiger partial charge in [0.05, 0.1) is 31.4 Å². The molecule has 0 radical (unpaired) electrons. The molecule has 2 aromatic heterocycles. The molecule has 1 aliphatic rings. The summed E-state index contributed by atoms with van der Waals surface area (Å²) in [6, 6.07) is 17.9. The largest absolute Gasteiger partial charge is 0.464 e. The van der Waals surface area contributed by atoms with Crippen LogP contribution < -0.4 is 16.0 Å². The molecular weight excluding hydrogens is 432 g/mol. The van der Waals surface area contributed by atoms with Gasteiger partial charge in [0, 0.05) is 37.2 Å². The molecule has 34 heavy (non-hydrogen) atoms. The van der Waals surface area contributed by atoms with Crippen LogP contribution >= 0.6 is 0 Å². The Morgan fingerprint density at radius 2 is 1.85 bits per heavy atom. The van der Waals surface area contributed by atoms with E-state index in [1.54, 1.807) is 10.8 Å². The summed E-state index contributed by atoms with van der Waals surface area (Å²) in [4.78, 5) is 24.0. The third kappa shape index (κ3) is 4.25. The summed E-state index contributed by atoms with van der Waals surface area (Å²) in [5.41, 5.74) is 10.5. The Hall–Kier alpha value is -4.11. The molecule has 5 rings (SSSR count). The van der Waals surface area contributed by atoms with E-state index in [-0.39, 0.29) is 5.69 Å². The Labute approximate surface area is 197 Å². The summed E-state index contributed by atoms with van der Waals surface area (Å²) in [6.07, 6.45) is 1.63. The maximum Gasteiger partial charge on any atom is 0.356 e. The van der Waals surface area contributed by atoms with Crippen molar-refractivity contribution >= 4 is 40.0 Å². The number of hydrogen-bond acceptors (Lipinski definition) is 8. The monoisotopic (exact) mass is 458 g/mol. The molecule has 0 amide bonds. The van der Waals surface area contributed by atoms with E-state index in [1.165, 1.54) is 7.11 Å². The highest BCUT2D eigenvalue weighted by atomic mass is 16.5. The van der Waals surface area contributed by atoms with Crippen molar-refractivity contribution in [1.29, 1.82) is 0 Å². The van der Waals surface area contributed by atoms with Crippen LogP contribution in [0.5, 0.6) is 0 Å². The Morgan fingerprint density at radius 1 is 1.12 bits per heavy atom. The van der Waals surface area contributed by atoms with Gasteiger partial charge < -0.3 is 30.0 Å². The second-order valence-corrected chi connectivity index (χ2v) is 8.03. The summed E-state index contributed by atoms with van der Waals surface area (Å²) >= 11 is 0. The minimum Gasteiger partial charge on any atom is -0.464 e. The number of ether oxygens (including phenoxy) is 2. The van der Waals surface area contributed by atoms with Crippen LogP contribution in [0.4, 0.5) is 23.0 Å². The fraction of sp³-hybridized carbons (Fsp3) is 0.240. The number of fused-ring (bicyclic) bond motifs is 1. The number of hydrogen-bond donors (Lipinski definition) is 2. The first kappa shape index (κ1) is 21.7. The van der Waals surface area contributed by atoms with E-state index in [0.717, 1.165) is 43.2 Å². The number of carbonyl (C=O) groups is 1. The lowest BCUT2D eigenvalue weighted by Gasteiger charge is -2.28. The van der Waals surface area contributed by atoms with Crippen molar-refractivity contribution in [3.63, 3.8) is 0 Å². The Kier molecular flexibility index (Phi) is 6.01. The Balaban J connectivity index is 1.47. The molecule has 0 unspecified atom stereocenters. The van der Waals surface area contributed by atoms with E-state index in [9.17, 15) is 4.79 Å². The zero-order valence-electron chi connectivity index (χ0n) is 18.9. The first-order valence-electron chi connectivity index (χ1n) is 11.1. The first-order valence-corrected chi connectivity index (χ1v) is 11.1. The molecule has 3 N–H and O–H groups in total. The lowest BCUT2D eigenvalue weighted by molar-refractivity contribution is 0.0591. The van der Waals surface area contributed by atoms with E-state index in [0.29, 0.717) is 29.2 Å². The molecule has 174 valence electrons. The molecule has 0 bridgehead atoms. The maximum atomic E-state index is 12.6. The zero-order chi connectivity index (χ0) is 23.5. The molecule has 1 fully saturated rings. The van der Waals surface area contributed by atoms with Gasteiger partial charge in [-0.25, -0.2) is 9.78 Å². The average Bonchev–Trinajstić information content (AvgIpc) is 3.15. The second-order valence-electron chi connectivity index (χ2n) is 8.03. The van der Waals surface area contributed by atoms with Crippen molar-refractivity contribution in [3.8, 4) is 0 Å². The van der Waals surface area contributed by atoms with E-state index in [1.807, 2.05) is 42.5 Å². The van der Waals surface area contributed by atoms with Crippen LogP contribution in [0.3, 0.4) is 0 Å². The van der Waals surface area contributed by atoms with Gasteiger partial charge in [-0.2, -0.15) is 4.98 Å². The van der Waals surface area contributed by atoms with Gasteiger partial charge in [0.15, 0.2) is 5.69 Å². The van der Waals surface area contributed by atoms with Crippen molar-refractivity contribution in [2.45, 2.75) is 6.54 Å². The molecule has 2 aromatic carbocycles. The molecule has 1 saturated heterocycles. The summed E-state index contributed by atoms with van der Waals surface area (Å²) in [6.45, 7) is 3.67. The van der Waals surface area contributed by atoms with E-state index >= 15 is 0 Å². The van der Waals surface area contributed by atoms with Gasteiger partial charge in [0.2, 0.25) is 5.95 Å². The first-order chi connectivity index (χ1) is 16.6.